The molecule has 19 heavy (non-hydrogen) atoms. The lowest BCUT2D eigenvalue weighted by molar-refractivity contribution is -0.130. The lowest BCUT2D eigenvalue weighted by Crippen LogP contribution is -2.34. The lowest BCUT2D eigenvalue weighted by Gasteiger charge is -2.17. The minimum absolute atomic E-state index is 0.0504. The summed E-state index contributed by atoms with van der Waals surface area (Å²) in [5, 5.41) is 8.67. The van der Waals surface area contributed by atoms with Gasteiger partial charge in [-0.1, -0.05) is 0 Å². The summed E-state index contributed by atoms with van der Waals surface area (Å²) in [6.07, 6.45) is 4.12. The van der Waals surface area contributed by atoms with E-state index in [1.54, 1.807) is 24.2 Å². The third-order valence-corrected chi connectivity index (χ3v) is 3.30. The van der Waals surface area contributed by atoms with Gasteiger partial charge in [0.1, 0.15) is 6.54 Å². The van der Waals surface area contributed by atoms with E-state index in [0.29, 0.717) is 6.54 Å². The van der Waals surface area contributed by atoms with Crippen LogP contribution in [-0.4, -0.2) is 40.7 Å². The first kappa shape index (κ1) is 15.9. The molecule has 0 aromatic carbocycles. The first-order chi connectivity index (χ1) is 9.04. The predicted octanol–water partition coefficient (Wildman–Crippen LogP) is 1.23. The third kappa shape index (κ3) is 5.57. The molecule has 0 aliphatic carbocycles. The van der Waals surface area contributed by atoms with E-state index in [2.05, 4.69) is 15.9 Å². The maximum atomic E-state index is 11.9. The van der Waals surface area contributed by atoms with Crippen molar-refractivity contribution >= 4 is 21.8 Å². The van der Waals surface area contributed by atoms with Crippen molar-refractivity contribution in [1.29, 1.82) is 0 Å². The number of halogens is 1. The summed E-state index contributed by atoms with van der Waals surface area (Å²) in [6, 6.07) is 3.08. The van der Waals surface area contributed by atoms with Gasteiger partial charge in [0.05, 0.1) is 0 Å². The Morgan fingerprint density at radius 2 is 2.11 bits per heavy atom. The molecule has 0 spiro atoms. The predicted molar refractivity (Wildman–Crippen MR) is 77.0 cm³/mol. The Bertz CT molecular complexity index is 473. The summed E-state index contributed by atoms with van der Waals surface area (Å²) in [4.78, 5) is 25.1. The molecule has 6 heteroatoms. The average molecular weight is 331 g/mol. The molecular formula is C13H19BrN2O3. The van der Waals surface area contributed by atoms with Crippen molar-refractivity contribution in [2.75, 3.05) is 20.2 Å². The fourth-order valence-electron chi connectivity index (χ4n) is 1.65. The van der Waals surface area contributed by atoms with Crippen molar-refractivity contribution in [3.05, 3.63) is 33.2 Å². The number of carbonyl (C=O) groups is 1. The first-order valence-electron chi connectivity index (χ1n) is 6.25. The highest BCUT2D eigenvalue weighted by Gasteiger charge is 2.10. The number of pyridine rings is 1. The van der Waals surface area contributed by atoms with Crippen LogP contribution in [0.25, 0.3) is 0 Å². The van der Waals surface area contributed by atoms with Crippen LogP contribution in [0.5, 0.6) is 0 Å². The minimum Gasteiger partial charge on any atom is -0.396 e. The first-order valence-corrected chi connectivity index (χ1v) is 7.04. The number of hydrogen-bond acceptors (Lipinski definition) is 3. The molecule has 1 amide bonds. The molecule has 0 aliphatic rings. The number of hydrogen-bond donors (Lipinski definition) is 1. The fraction of sp³-hybridized carbons (Fsp3) is 0.538. The number of carbonyl (C=O) groups excluding carboxylic acids is 1. The number of likely N-dealkylation sites (N-methyl/N-ethyl adjacent to an activating group) is 1. The van der Waals surface area contributed by atoms with Gasteiger partial charge in [-0.05, 0) is 41.3 Å². The molecule has 0 radical (unpaired) electrons. The van der Waals surface area contributed by atoms with E-state index in [0.717, 1.165) is 23.7 Å². The standard InChI is InChI=1S/C13H19BrN2O3/c1-15(7-3-2-4-8-17)13(19)10-16-9-11(14)5-6-12(16)18/h5-6,9,17H,2-4,7-8,10H2,1H3. The van der Waals surface area contributed by atoms with Crippen LogP contribution < -0.4 is 5.56 Å². The van der Waals surface area contributed by atoms with E-state index < -0.39 is 0 Å². The van der Waals surface area contributed by atoms with Crippen molar-refractivity contribution in [1.82, 2.24) is 9.47 Å². The van der Waals surface area contributed by atoms with Gasteiger partial charge < -0.3 is 14.6 Å². The van der Waals surface area contributed by atoms with Gasteiger partial charge in [-0.25, -0.2) is 0 Å². The molecular weight excluding hydrogens is 312 g/mol. The number of nitrogens with zero attached hydrogens (tertiary/aromatic N) is 2. The fourth-order valence-corrected chi connectivity index (χ4v) is 2.03. The summed E-state index contributed by atoms with van der Waals surface area (Å²) in [5.74, 6) is -0.0933. The second-order valence-electron chi connectivity index (χ2n) is 4.41. The number of amides is 1. The van der Waals surface area contributed by atoms with Crippen molar-refractivity contribution in [2.45, 2.75) is 25.8 Å². The van der Waals surface area contributed by atoms with Crippen LogP contribution in [0.1, 0.15) is 19.3 Å². The van der Waals surface area contributed by atoms with Gasteiger partial charge in [0.25, 0.3) is 5.56 Å². The highest BCUT2D eigenvalue weighted by Crippen LogP contribution is 2.05. The van der Waals surface area contributed by atoms with Crippen LogP contribution in [0.2, 0.25) is 0 Å². The Labute approximate surface area is 121 Å². The number of unbranched alkanes of at least 4 members (excludes halogenated alkanes) is 2. The van der Waals surface area contributed by atoms with Crippen molar-refractivity contribution in [2.24, 2.45) is 0 Å². The van der Waals surface area contributed by atoms with Crippen LogP contribution in [0.4, 0.5) is 0 Å². The third-order valence-electron chi connectivity index (χ3n) is 2.83. The van der Waals surface area contributed by atoms with Crippen molar-refractivity contribution in [3.63, 3.8) is 0 Å². The van der Waals surface area contributed by atoms with Crippen LogP contribution in [0, 0.1) is 0 Å². The summed E-state index contributed by atoms with van der Waals surface area (Å²) < 4.78 is 2.15. The summed E-state index contributed by atoms with van der Waals surface area (Å²) in [6.45, 7) is 0.876. The molecule has 5 nitrogen and oxygen atoms in total. The van der Waals surface area contributed by atoms with Crippen LogP contribution in [0.15, 0.2) is 27.6 Å². The van der Waals surface area contributed by atoms with Gasteiger partial charge in [0.2, 0.25) is 5.91 Å². The molecule has 1 rings (SSSR count). The molecule has 1 aromatic heterocycles. The Hall–Kier alpha value is -1.14. The summed E-state index contributed by atoms with van der Waals surface area (Å²) in [5.41, 5.74) is -0.190. The molecule has 0 fully saturated rings. The van der Waals surface area contributed by atoms with E-state index in [-0.39, 0.29) is 24.6 Å². The highest BCUT2D eigenvalue weighted by atomic mass is 79.9. The maximum Gasteiger partial charge on any atom is 0.251 e. The Balaban J connectivity index is 2.49. The second-order valence-corrected chi connectivity index (χ2v) is 5.33. The summed E-state index contributed by atoms with van der Waals surface area (Å²) in [7, 11) is 1.73. The van der Waals surface area contributed by atoms with Crippen LogP contribution in [0.3, 0.4) is 0 Å². The average Bonchev–Trinajstić information content (AvgIpc) is 2.38. The molecule has 0 atom stereocenters. The number of aromatic nitrogens is 1. The molecule has 0 saturated heterocycles. The molecule has 1 heterocycles. The monoisotopic (exact) mass is 330 g/mol. The zero-order valence-corrected chi connectivity index (χ0v) is 12.6. The van der Waals surface area contributed by atoms with Gasteiger partial charge in [0, 0.05) is 36.9 Å². The number of rotatable bonds is 7. The highest BCUT2D eigenvalue weighted by molar-refractivity contribution is 9.10. The molecule has 1 N–H and O–H groups in total. The van der Waals surface area contributed by atoms with Crippen LogP contribution >= 0.6 is 15.9 Å². The lowest BCUT2D eigenvalue weighted by atomic mass is 10.2. The molecule has 1 aromatic rings. The topological polar surface area (TPSA) is 62.5 Å². The minimum atomic E-state index is -0.190. The maximum absolute atomic E-state index is 11.9. The van der Waals surface area contributed by atoms with Crippen LogP contribution in [-0.2, 0) is 11.3 Å². The zero-order valence-electron chi connectivity index (χ0n) is 11.0. The van der Waals surface area contributed by atoms with E-state index in [9.17, 15) is 9.59 Å². The largest absolute Gasteiger partial charge is 0.396 e. The SMILES string of the molecule is CN(CCCCCO)C(=O)Cn1cc(Br)ccc1=O. The van der Waals surface area contributed by atoms with Crippen molar-refractivity contribution in [3.8, 4) is 0 Å². The van der Waals surface area contributed by atoms with E-state index in [4.69, 9.17) is 5.11 Å². The van der Waals surface area contributed by atoms with Gasteiger partial charge in [-0.2, -0.15) is 0 Å². The quantitative estimate of drug-likeness (QED) is 0.765. The van der Waals surface area contributed by atoms with E-state index in [1.165, 1.54) is 10.6 Å². The molecule has 0 bridgehead atoms. The molecule has 106 valence electrons. The van der Waals surface area contributed by atoms with Crippen molar-refractivity contribution < 1.29 is 9.90 Å². The van der Waals surface area contributed by atoms with Gasteiger partial charge in [0.15, 0.2) is 0 Å². The molecule has 0 saturated carbocycles. The molecule has 0 unspecified atom stereocenters. The normalized spacial score (nSPS) is 10.5. The smallest absolute Gasteiger partial charge is 0.251 e. The number of aliphatic hydroxyl groups excluding tert-OH is 1. The zero-order chi connectivity index (χ0) is 14.3. The van der Waals surface area contributed by atoms with Gasteiger partial charge in [-0.15, -0.1) is 0 Å². The second kappa shape index (κ2) is 8.12. The molecule has 0 aliphatic heterocycles. The van der Waals surface area contributed by atoms with E-state index in [1.807, 2.05) is 0 Å². The van der Waals surface area contributed by atoms with Gasteiger partial charge in [-0.3, -0.25) is 9.59 Å². The Morgan fingerprint density at radius 1 is 1.37 bits per heavy atom. The van der Waals surface area contributed by atoms with Gasteiger partial charge >= 0.3 is 0 Å². The summed E-state index contributed by atoms with van der Waals surface area (Å²) >= 11 is 3.27. The Morgan fingerprint density at radius 3 is 2.79 bits per heavy atom. The Kier molecular flexibility index (Phi) is 6.80. The number of aliphatic hydroxyl groups is 1. The van der Waals surface area contributed by atoms with E-state index >= 15 is 0 Å².